The number of benzene rings is 2. The highest BCUT2D eigenvalue weighted by Crippen LogP contribution is 2.49. The van der Waals surface area contributed by atoms with E-state index in [-0.39, 0.29) is 12.5 Å². The van der Waals surface area contributed by atoms with Gasteiger partial charge in [0.15, 0.2) is 0 Å². The van der Waals surface area contributed by atoms with Gasteiger partial charge in [-0.3, -0.25) is 4.79 Å². The van der Waals surface area contributed by atoms with Crippen molar-refractivity contribution in [3.05, 3.63) is 58.1 Å². The molecule has 25 heavy (non-hydrogen) atoms. The molecule has 0 radical (unpaired) electrons. The van der Waals surface area contributed by atoms with Crippen molar-refractivity contribution in [2.24, 2.45) is 0 Å². The van der Waals surface area contributed by atoms with Crippen LogP contribution < -0.4 is 9.64 Å². The molecule has 2 aromatic rings. The van der Waals surface area contributed by atoms with Crippen LogP contribution in [0.5, 0.6) is 5.75 Å². The van der Waals surface area contributed by atoms with Crippen LogP contribution in [0.1, 0.15) is 31.4 Å². The monoisotopic (exact) mass is 403 g/mol. The van der Waals surface area contributed by atoms with Gasteiger partial charge in [-0.25, -0.2) is 0 Å². The Bertz CT molecular complexity index is 790. The number of anilines is 1. The number of hydrogen-bond donors (Lipinski definition) is 1. The number of rotatable bonds is 5. The maximum atomic E-state index is 11.5. The smallest absolute Gasteiger partial charge is 0.304 e. The zero-order chi connectivity index (χ0) is 18.2. The Morgan fingerprint density at radius 1 is 1.28 bits per heavy atom. The van der Waals surface area contributed by atoms with Gasteiger partial charge in [0.1, 0.15) is 5.75 Å². The van der Waals surface area contributed by atoms with Crippen LogP contribution in [-0.4, -0.2) is 24.2 Å². The van der Waals surface area contributed by atoms with Crippen LogP contribution in [0.4, 0.5) is 5.69 Å². The Hall–Kier alpha value is -2.01. The molecule has 0 aliphatic carbocycles. The molecule has 0 saturated carbocycles. The molecule has 1 N–H and O–H groups in total. The van der Waals surface area contributed by atoms with Crippen molar-refractivity contribution in [3.8, 4) is 5.75 Å². The minimum Gasteiger partial charge on any atom is -0.497 e. The SMILES string of the molecule is COc1ccc2c(c1)C(C)(CC(=O)O)C(C)N2Cc1ccc(Br)cc1. The lowest BCUT2D eigenvalue weighted by molar-refractivity contribution is -0.138. The summed E-state index contributed by atoms with van der Waals surface area (Å²) in [6.07, 6.45) is 0.0885. The third-order valence-corrected chi connectivity index (χ3v) is 5.83. The highest BCUT2D eigenvalue weighted by Gasteiger charge is 2.46. The number of nitrogens with zero attached hydrogens (tertiary/aromatic N) is 1. The first-order valence-corrected chi connectivity index (χ1v) is 9.06. The summed E-state index contributed by atoms with van der Waals surface area (Å²) in [5.41, 5.74) is 2.85. The van der Waals surface area contributed by atoms with E-state index in [9.17, 15) is 9.90 Å². The number of hydrogen-bond acceptors (Lipinski definition) is 3. The maximum absolute atomic E-state index is 11.5. The Balaban J connectivity index is 2.03. The normalized spacial score (nSPS) is 21.9. The molecule has 0 fully saturated rings. The number of carboxylic acid groups (broad SMARTS) is 1. The molecular weight excluding hydrogens is 382 g/mol. The van der Waals surface area contributed by atoms with Crippen molar-refractivity contribution in [1.29, 1.82) is 0 Å². The second-order valence-corrected chi connectivity index (χ2v) is 7.72. The fraction of sp³-hybridized carbons (Fsp3) is 0.350. The van der Waals surface area contributed by atoms with Crippen LogP contribution in [0.2, 0.25) is 0 Å². The molecule has 4 nitrogen and oxygen atoms in total. The summed E-state index contributed by atoms with van der Waals surface area (Å²) in [4.78, 5) is 13.8. The van der Waals surface area contributed by atoms with E-state index in [4.69, 9.17) is 4.74 Å². The predicted molar refractivity (Wildman–Crippen MR) is 102 cm³/mol. The second-order valence-electron chi connectivity index (χ2n) is 6.80. The van der Waals surface area contributed by atoms with Crippen LogP contribution in [0.3, 0.4) is 0 Å². The van der Waals surface area contributed by atoms with Gasteiger partial charge in [-0.1, -0.05) is 35.0 Å². The Morgan fingerprint density at radius 3 is 2.56 bits per heavy atom. The molecule has 2 unspecified atom stereocenters. The van der Waals surface area contributed by atoms with E-state index in [0.717, 1.165) is 28.0 Å². The van der Waals surface area contributed by atoms with E-state index >= 15 is 0 Å². The second kappa shape index (κ2) is 6.71. The molecular formula is C20H22BrNO3. The summed E-state index contributed by atoms with van der Waals surface area (Å²) < 4.78 is 6.42. The van der Waals surface area contributed by atoms with Crippen molar-refractivity contribution >= 4 is 27.6 Å². The van der Waals surface area contributed by atoms with Gasteiger partial charge in [0.2, 0.25) is 0 Å². The van der Waals surface area contributed by atoms with Gasteiger partial charge in [-0.15, -0.1) is 0 Å². The summed E-state index contributed by atoms with van der Waals surface area (Å²) in [6.45, 7) is 4.88. The number of ether oxygens (including phenoxy) is 1. The summed E-state index contributed by atoms with van der Waals surface area (Å²) in [7, 11) is 1.63. The van der Waals surface area contributed by atoms with Gasteiger partial charge in [0, 0.05) is 28.2 Å². The van der Waals surface area contributed by atoms with Crippen LogP contribution in [0.15, 0.2) is 46.9 Å². The number of halogens is 1. The minimum atomic E-state index is -0.784. The van der Waals surface area contributed by atoms with Gasteiger partial charge < -0.3 is 14.7 Å². The summed E-state index contributed by atoms with van der Waals surface area (Å²) >= 11 is 3.46. The summed E-state index contributed by atoms with van der Waals surface area (Å²) in [5.74, 6) is -0.0262. The average molecular weight is 404 g/mol. The fourth-order valence-electron chi connectivity index (χ4n) is 3.69. The van der Waals surface area contributed by atoms with E-state index in [2.05, 4.69) is 39.9 Å². The maximum Gasteiger partial charge on any atom is 0.304 e. The molecule has 2 aromatic carbocycles. The molecule has 1 aliphatic rings. The van der Waals surface area contributed by atoms with Crippen molar-refractivity contribution in [1.82, 2.24) is 0 Å². The number of carbonyl (C=O) groups is 1. The van der Waals surface area contributed by atoms with Crippen molar-refractivity contribution in [2.45, 2.75) is 38.3 Å². The third-order valence-electron chi connectivity index (χ3n) is 5.30. The van der Waals surface area contributed by atoms with Crippen molar-refractivity contribution in [3.63, 3.8) is 0 Å². The lowest BCUT2D eigenvalue weighted by Gasteiger charge is -2.33. The van der Waals surface area contributed by atoms with Gasteiger partial charge in [-0.05, 0) is 48.4 Å². The minimum absolute atomic E-state index is 0.0642. The number of aliphatic carboxylic acids is 1. The van der Waals surface area contributed by atoms with Crippen LogP contribution in [0, 0.1) is 0 Å². The van der Waals surface area contributed by atoms with Gasteiger partial charge in [0.05, 0.1) is 13.5 Å². The number of fused-ring (bicyclic) bond motifs is 1. The van der Waals surface area contributed by atoms with Gasteiger partial charge in [0.25, 0.3) is 0 Å². The Morgan fingerprint density at radius 2 is 1.96 bits per heavy atom. The molecule has 0 saturated heterocycles. The predicted octanol–water partition coefficient (Wildman–Crippen LogP) is 4.60. The topological polar surface area (TPSA) is 49.8 Å². The van der Waals surface area contributed by atoms with Crippen LogP contribution in [0.25, 0.3) is 0 Å². The zero-order valence-corrected chi connectivity index (χ0v) is 16.2. The molecule has 0 spiro atoms. The zero-order valence-electron chi connectivity index (χ0n) is 14.6. The lowest BCUT2D eigenvalue weighted by atomic mass is 9.76. The van der Waals surface area contributed by atoms with Gasteiger partial charge >= 0.3 is 5.97 Å². The Kier molecular flexibility index (Phi) is 4.78. The molecule has 3 rings (SSSR count). The van der Waals surface area contributed by atoms with E-state index in [1.165, 1.54) is 5.56 Å². The molecule has 132 valence electrons. The molecule has 0 amide bonds. The summed E-state index contributed by atoms with van der Waals surface area (Å²) in [6, 6.07) is 14.3. The van der Waals surface area contributed by atoms with Gasteiger partial charge in [-0.2, -0.15) is 0 Å². The first-order chi connectivity index (χ1) is 11.8. The van der Waals surface area contributed by atoms with E-state index < -0.39 is 11.4 Å². The molecule has 2 atom stereocenters. The highest BCUT2D eigenvalue weighted by molar-refractivity contribution is 9.10. The standard InChI is InChI=1S/C20H22BrNO3/c1-13-20(2,11-19(23)24)17-10-16(25-3)8-9-18(17)22(13)12-14-4-6-15(21)7-5-14/h4-10,13H,11-12H2,1-3H3,(H,23,24). The number of carboxylic acids is 1. The quantitative estimate of drug-likeness (QED) is 0.792. The van der Waals surface area contributed by atoms with Crippen LogP contribution >= 0.6 is 15.9 Å². The average Bonchev–Trinajstić information content (AvgIpc) is 2.77. The highest BCUT2D eigenvalue weighted by atomic mass is 79.9. The number of methoxy groups -OCH3 is 1. The first kappa shape index (κ1) is 17.8. The molecule has 1 aliphatic heterocycles. The van der Waals surface area contributed by atoms with Crippen LogP contribution in [-0.2, 0) is 16.8 Å². The molecule has 5 heteroatoms. The third kappa shape index (κ3) is 3.25. The summed E-state index contributed by atoms with van der Waals surface area (Å²) in [5, 5.41) is 9.46. The van der Waals surface area contributed by atoms with E-state index in [0.29, 0.717) is 0 Å². The fourth-order valence-corrected chi connectivity index (χ4v) is 3.96. The van der Waals surface area contributed by atoms with E-state index in [1.54, 1.807) is 7.11 Å². The van der Waals surface area contributed by atoms with E-state index in [1.807, 2.05) is 37.3 Å². The largest absolute Gasteiger partial charge is 0.497 e. The first-order valence-electron chi connectivity index (χ1n) is 8.26. The molecule has 0 bridgehead atoms. The van der Waals surface area contributed by atoms with Crippen molar-refractivity contribution in [2.75, 3.05) is 12.0 Å². The molecule has 0 aromatic heterocycles. The van der Waals surface area contributed by atoms with Crippen molar-refractivity contribution < 1.29 is 14.6 Å². The Labute approximate surface area is 156 Å². The molecule has 1 heterocycles. The lowest BCUT2D eigenvalue weighted by Crippen LogP contribution is -2.41.